The Balaban J connectivity index is 3.05. The summed E-state index contributed by atoms with van der Waals surface area (Å²) in [5.74, 6) is 0. The molecule has 0 amide bonds. The summed E-state index contributed by atoms with van der Waals surface area (Å²) in [6.07, 6.45) is 6.26. The zero-order chi connectivity index (χ0) is 11.1. The van der Waals surface area contributed by atoms with Crippen molar-refractivity contribution in [2.75, 3.05) is 0 Å². The number of thiophene rings is 1. The van der Waals surface area contributed by atoms with E-state index in [1.165, 1.54) is 13.3 Å². The van der Waals surface area contributed by atoms with Crippen molar-refractivity contribution in [2.24, 2.45) is 0 Å². The molecule has 0 saturated heterocycles. The molecule has 0 aliphatic rings. The maximum absolute atomic E-state index is 3.91. The summed E-state index contributed by atoms with van der Waals surface area (Å²) in [6, 6.07) is 4.44. The van der Waals surface area contributed by atoms with Crippen LogP contribution in [0.3, 0.4) is 0 Å². The van der Waals surface area contributed by atoms with Gasteiger partial charge in [-0.05, 0) is 0 Å². The molecule has 0 aliphatic carbocycles. The zero-order valence-electron chi connectivity index (χ0n) is 9.11. The van der Waals surface area contributed by atoms with Crippen molar-refractivity contribution in [1.82, 2.24) is 0 Å². The molecule has 0 radical (unpaired) electrons. The minimum atomic E-state index is -2.27. The molecule has 0 aliphatic heterocycles. The predicted octanol–water partition coefficient (Wildman–Crippen LogP) is 3.96. The van der Waals surface area contributed by atoms with E-state index in [4.69, 9.17) is 0 Å². The molecule has 0 unspecified atom stereocenters. The van der Waals surface area contributed by atoms with Gasteiger partial charge in [-0.1, -0.05) is 0 Å². The van der Waals surface area contributed by atoms with Crippen LogP contribution in [0.5, 0.6) is 0 Å². The van der Waals surface area contributed by atoms with E-state index in [1.807, 2.05) is 11.3 Å². The molecule has 1 rings (SSSR count). The van der Waals surface area contributed by atoms with E-state index < -0.39 is 18.4 Å². The van der Waals surface area contributed by atoms with Gasteiger partial charge < -0.3 is 0 Å². The molecule has 0 bridgehead atoms. The fourth-order valence-electron chi connectivity index (χ4n) is 1.96. The molecule has 1 heterocycles. The van der Waals surface area contributed by atoms with Crippen molar-refractivity contribution in [3.05, 3.63) is 55.5 Å². The first kappa shape index (κ1) is 12.8. The first-order chi connectivity index (χ1) is 7.29. The summed E-state index contributed by atoms with van der Waals surface area (Å²) < 4.78 is 5.18. The summed E-state index contributed by atoms with van der Waals surface area (Å²) in [7, 11) is 0. The van der Waals surface area contributed by atoms with Crippen LogP contribution in [-0.4, -0.2) is 18.4 Å². The second-order valence-corrected chi connectivity index (χ2v) is 18.1. The third kappa shape index (κ3) is 3.08. The molecule has 0 atom stereocenters. The quantitative estimate of drug-likeness (QED) is 0.526. The van der Waals surface area contributed by atoms with Gasteiger partial charge in [-0.3, -0.25) is 0 Å². The van der Waals surface area contributed by atoms with Crippen LogP contribution in [0, 0.1) is 0 Å². The second-order valence-electron chi connectivity index (χ2n) is 3.74. The van der Waals surface area contributed by atoms with Crippen LogP contribution in [0.2, 0.25) is 13.3 Å². The molecular formula is C13H18SSn. The van der Waals surface area contributed by atoms with Gasteiger partial charge in [-0.2, -0.15) is 0 Å². The topological polar surface area (TPSA) is 0 Å². The Hall–Kier alpha value is -0.281. The number of hydrogen-bond donors (Lipinski definition) is 0. The van der Waals surface area contributed by atoms with Crippen LogP contribution in [0.25, 0.3) is 0 Å². The van der Waals surface area contributed by atoms with Gasteiger partial charge in [0, 0.05) is 0 Å². The monoisotopic (exact) mass is 326 g/mol. The molecule has 1 aromatic rings. The van der Waals surface area contributed by atoms with E-state index in [2.05, 4.69) is 55.5 Å². The van der Waals surface area contributed by atoms with Gasteiger partial charge in [0.25, 0.3) is 0 Å². The molecule has 0 N–H and O–H groups in total. The van der Waals surface area contributed by atoms with E-state index in [0.717, 1.165) is 0 Å². The van der Waals surface area contributed by atoms with E-state index in [0.29, 0.717) is 0 Å². The molecule has 0 spiro atoms. The molecule has 15 heavy (non-hydrogen) atoms. The molecule has 2 heteroatoms. The van der Waals surface area contributed by atoms with Crippen LogP contribution >= 0.6 is 11.3 Å². The second kappa shape index (κ2) is 6.33. The molecule has 80 valence electrons. The van der Waals surface area contributed by atoms with Crippen LogP contribution < -0.4 is 2.89 Å². The van der Waals surface area contributed by atoms with E-state index in [1.54, 1.807) is 2.89 Å². The first-order valence-electron chi connectivity index (χ1n) is 5.16. The Morgan fingerprint density at radius 1 is 1.07 bits per heavy atom. The minimum absolute atomic E-state index is 1.19. The van der Waals surface area contributed by atoms with Crippen molar-refractivity contribution < 1.29 is 0 Å². The van der Waals surface area contributed by atoms with Gasteiger partial charge in [0.15, 0.2) is 0 Å². The van der Waals surface area contributed by atoms with E-state index in [-0.39, 0.29) is 0 Å². The van der Waals surface area contributed by atoms with Crippen LogP contribution in [0.4, 0.5) is 0 Å². The van der Waals surface area contributed by atoms with Crippen LogP contribution in [0.15, 0.2) is 55.5 Å². The summed E-state index contributed by atoms with van der Waals surface area (Å²) in [4.78, 5) is 0. The molecule has 0 saturated carbocycles. The summed E-state index contributed by atoms with van der Waals surface area (Å²) in [6.45, 7) is 11.7. The van der Waals surface area contributed by atoms with Gasteiger partial charge in [0.2, 0.25) is 0 Å². The third-order valence-electron chi connectivity index (χ3n) is 2.65. The maximum atomic E-state index is 3.91. The Kier molecular flexibility index (Phi) is 5.40. The first-order valence-corrected chi connectivity index (χ1v) is 13.5. The Labute approximate surface area is 101 Å². The SMILES string of the molecule is C=C[CH2][Sn]([CH2]C=C)([CH2]C=C)[c]1cccs1. The molecule has 0 aromatic carbocycles. The number of rotatable bonds is 7. The molecule has 0 fully saturated rings. The van der Waals surface area contributed by atoms with E-state index in [9.17, 15) is 0 Å². The van der Waals surface area contributed by atoms with Gasteiger partial charge in [-0.15, -0.1) is 0 Å². The molecule has 0 nitrogen and oxygen atoms in total. The Morgan fingerprint density at radius 2 is 1.60 bits per heavy atom. The van der Waals surface area contributed by atoms with Crippen molar-refractivity contribution in [3.63, 3.8) is 0 Å². The Morgan fingerprint density at radius 3 is 1.93 bits per heavy atom. The number of allylic oxidation sites excluding steroid dienone is 3. The van der Waals surface area contributed by atoms with Crippen LogP contribution in [-0.2, 0) is 0 Å². The van der Waals surface area contributed by atoms with Gasteiger partial charge in [0.05, 0.1) is 0 Å². The van der Waals surface area contributed by atoms with Crippen molar-refractivity contribution in [3.8, 4) is 0 Å². The zero-order valence-corrected chi connectivity index (χ0v) is 12.8. The van der Waals surface area contributed by atoms with Crippen molar-refractivity contribution >= 4 is 32.6 Å². The molecule has 1 aromatic heterocycles. The summed E-state index contributed by atoms with van der Waals surface area (Å²) in [5, 5.41) is 2.18. The summed E-state index contributed by atoms with van der Waals surface area (Å²) in [5.41, 5.74) is 0. The normalized spacial score (nSPS) is 10.9. The average molecular weight is 325 g/mol. The summed E-state index contributed by atoms with van der Waals surface area (Å²) >= 11 is -0.371. The fourth-order valence-corrected chi connectivity index (χ4v) is 16.2. The standard InChI is InChI=1S/C4H3S.3C3H5.Sn/c1-2-4-5-3-1;3*1-3-2;/h1-3H;3*3H,1-2H2;. The number of hydrogen-bond acceptors (Lipinski definition) is 1. The van der Waals surface area contributed by atoms with Crippen LogP contribution in [0.1, 0.15) is 0 Å². The van der Waals surface area contributed by atoms with Gasteiger partial charge in [0.1, 0.15) is 0 Å². The molecular weight excluding hydrogens is 307 g/mol. The van der Waals surface area contributed by atoms with Gasteiger partial charge >= 0.3 is 101 Å². The third-order valence-corrected chi connectivity index (χ3v) is 19.9. The fraction of sp³-hybridized carbons (Fsp3) is 0.231. The van der Waals surface area contributed by atoms with Gasteiger partial charge in [-0.25, -0.2) is 0 Å². The van der Waals surface area contributed by atoms with Crippen molar-refractivity contribution in [2.45, 2.75) is 13.3 Å². The van der Waals surface area contributed by atoms with E-state index >= 15 is 0 Å². The Bertz CT molecular complexity index is 298. The average Bonchev–Trinajstić information content (AvgIpc) is 2.72. The predicted molar refractivity (Wildman–Crippen MR) is 74.7 cm³/mol. The van der Waals surface area contributed by atoms with Crippen molar-refractivity contribution in [1.29, 1.82) is 0 Å².